The number of rotatable bonds is 7. The van der Waals surface area contributed by atoms with Gasteiger partial charge in [0.1, 0.15) is 0 Å². The molecule has 20 heavy (non-hydrogen) atoms. The van der Waals surface area contributed by atoms with Gasteiger partial charge in [-0.2, -0.15) is 0 Å². The maximum Gasteiger partial charge on any atom is 0.230 e. The average Bonchev–Trinajstić information content (AvgIpc) is 2.37. The van der Waals surface area contributed by atoms with Gasteiger partial charge in [-0.3, -0.25) is 4.79 Å². The average molecular weight is 314 g/mol. The fourth-order valence-corrected chi connectivity index (χ4v) is 3.06. The van der Waals surface area contributed by atoms with Gasteiger partial charge in [0.25, 0.3) is 0 Å². The molecule has 2 nitrogen and oxygen atoms in total. The van der Waals surface area contributed by atoms with E-state index >= 15 is 0 Å². The summed E-state index contributed by atoms with van der Waals surface area (Å²) >= 11 is 7.36. The van der Waals surface area contributed by atoms with Crippen molar-refractivity contribution in [1.82, 2.24) is 5.32 Å². The normalized spacial score (nSPS) is 11.4. The number of benzene rings is 1. The minimum atomic E-state index is 0.0938. The van der Waals surface area contributed by atoms with Crippen LogP contribution in [0, 0.1) is 17.8 Å². The number of carbonyl (C=O) groups excluding carboxylic acids is 1. The highest BCUT2D eigenvalue weighted by Gasteiger charge is 2.18. The van der Waals surface area contributed by atoms with Gasteiger partial charge in [-0.25, -0.2) is 0 Å². The van der Waals surface area contributed by atoms with Crippen molar-refractivity contribution in [3.05, 3.63) is 29.3 Å². The van der Waals surface area contributed by atoms with Crippen LogP contribution >= 0.6 is 23.4 Å². The summed E-state index contributed by atoms with van der Waals surface area (Å²) in [5.74, 6) is 2.24. The Morgan fingerprint density at radius 2 is 1.70 bits per heavy atom. The van der Waals surface area contributed by atoms with Gasteiger partial charge in [0.15, 0.2) is 0 Å². The van der Waals surface area contributed by atoms with Gasteiger partial charge in [-0.1, -0.05) is 39.3 Å². The molecule has 112 valence electrons. The molecule has 1 rings (SSSR count). The predicted octanol–water partition coefficient (Wildman–Crippen LogP) is 4.48. The topological polar surface area (TPSA) is 29.1 Å². The van der Waals surface area contributed by atoms with Crippen molar-refractivity contribution in [1.29, 1.82) is 0 Å². The van der Waals surface area contributed by atoms with Gasteiger partial charge in [0, 0.05) is 16.5 Å². The molecule has 0 aromatic heterocycles. The highest BCUT2D eigenvalue weighted by molar-refractivity contribution is 8.00. The van der Waals surface area contributed by atoms with Gasteiger partial charge >= 0.3 is 0 Å². The van der Waals surface area contributed by atoms with Gasteiger partial charge in [-0.15, -0.1) is 11.8 Å². The van der Waals surface area contributed by atoms with Crippen LogP contribution in [0.5, 0.6) is 0 Å². The molecule has 1 aromatic carbocycles. The summed E-state index contributed by atoms with van der Waals surface area (Å²) in [6, 6.07) is 7.56. The molecule has 0 bridgehead atoms. The Balaban J connectivity index is 2.35. The van der Waals surface area contributed by atoms with E-state index in [0.717, 1.165) is 16.5 Å². The first kappa shape index (κ1) is 17.4. The Labute approximate surface area is 131 Å². The first-order valence-electron chi connectivity index (χ1n) is 7.05. The lowest BCUT2D eigenvalue weighted by atomic mass is 9.85. The molecule has 1 aromatic rings. The van der Waals surface area contributed by atoms with E-state index in [9.17, 15) is 4.79 Å². The van der Waals surface area contributed by atoms with E-state index in [1.54, 1.807) is 0 Å². The van der Waals surface area contributed by atoms with E-state index in [2.05, 4.69) is 33.0 Å². The fraction of sp³-hybridized carbons (Fsp3) is 0.562. The van der Waals surface area contributed by atoms with Crippen molar-refractivity contribution in [2.24, 2.45) is 17.8 Å². The van der Waals surface area contributed by atoms with E-state index < -0.39 is 0 Å². The van der Waals surface area contributed by atoms with E-state index in [1.165, 1.54) is 11.8 Å². The molecule has 0 saturated carbocycles. The lowest BCUT2D eigenvalue weighted by Crippen LogP contribution is -2.34. The number of hydrogen-bond donors (Lipinski definition) is 1. The molecule has 0 aliphatic carbocycles. The third-order valence-corrected chi connectivity index (χ3v) is 4.70. The molecule has 1 N–H and O–H groups in total. The Kier molecular flexibility index (Phi) is 7.46. The van der Waals surface area contributed by atoms with Crippen LogP contribution < -0.4 is 5.32 Å². The minimum Gasteiger partial charge on any atom is -0.355 e. The second-order valence-electron chi connectivity index (χ2n) is 5.70. The van der Waals surface area contributed by atoms with Crippen LogP contribution in [0.3, 0.4) is 0 Å². The zero-order valence-electron chi connectivity index (χ0n) is 12.7. The van der Waals surface area contributed by atoms with E-state index in [0.29, 0.717) is 23.5 Å². The summed E-state index contributed by atoms with van der Waals surface area (Å²) in [4.78, 5) is 12.9. The summed E-state index contributed by atoms with van der Waals surface area (Å²) in [7, 11) is 0. The third-order valence-electron chi connectivity index (χ3n) is 3.43. The monoisotopic (exact) mass is 313 g/mol. The number of carbonyl (C=O) groups is 1. The lowest BCUT2D eigenvalue weighted by Gasteiger charge is -2.25. The van der Waals surface area contributed by atoms with Crippen molar-refractivity contribution in [2.75, 3.05) is 12.3 Å². The molecule has 0 unspecified atom stereocenters. The first-order valence-corrected chi connectivity index (χ1v) is 8.41. The predicted molar refractivity (Wildman–Crippen MR) is 88.4 cm³/mol. The van der Waals surface area contributed by atoms with Crippen molar-refractivity contribution in [3.8, 4) is 0 Å². The zero-order valence-corrected chi connectivity index (χ0v) is 14.2. The molecule has 0 atom stereocenters. The first-order chi connectivity index (χ1) is 9.40. The second-order valence-corrected chi connectivity index (χ2v) is 7.18. The number of nitrogens with one attached hydrogen (secondary N) is 1. The van der Waals surface area contributed by atoms with E-state index in [4.69, 9.17) is 11.6 Å². The number of hydrogen-bond acceptors (Lipinski definition) is 2. The van der Waals surface area contributed by atoms with Crippen LogP contribution in [0.4, 0.5) is 0 Å². The van der Waals surface area contributed by atoms with Crippen molar-refractivity contribution >= 4 is 29.3 Å². The van der Waals surface area contributed by atoms with Crippen LogP contribution in [-0.2, 0) is 4.79 Å². The van der Waals surface area contributed by atoms with Crippen LogP contribution in [0.2, 0.25) is 5.02 Å². The summed E-state index contributed by atoms with van der Waals surface area (Å²) in [6.45, 7) is 9.59. The molecule has 4 heteroatoms. The molecule has 0 aliphatic rings. The number of amides is 1. The van der Waals surface area contributed by atoms with E-state index in [1.807, 2.05) is 24.3 Å². The van der Waals surface area contributed by atoms with Gasteiger partial charge < -0.3 is 5.32 Å². The smallest absolute Gasteiger partial charge is 0.230 e. The third kappa shape index (κ3) is 6.19. The number of thioether (sulfide) groups is 1. The zero-order chi connectivity index (χ0) is 15.1. The van der Waals surface area contributed by atoms with Gasteiger partial charge in [-0.05, 0) is 42.0 Å². The SMILES string of the molecule is CC(C)C(CNC(=O)CSc1ccc(Cl)cc1)C(C)C. The summed E-state index contributed by atoms with van der Waals surface area (Å²) in [5.41, 5.74) is 0. The molecule has 1 amide bonds. The van der Waals surface area contributed by atoms with Crippen LogP contribution in [0.15, 0.2) is 29.2 Å². The summed E-state index contributed by atoms with van der Waals surface area (Å²) in [5, 5.41) is 3.76. The maximum atomic E-state index is 11.9. The highest BCUT2D eigenvalue weighted by Crippen LogP contribution is 2.21. The summed E-state index contributed by atoms with van der Waals surface area (Å²) < 4.78 is 0. The minimum absolute atomic E-state index is 0.0938. The van der Waals surface area contributed by atoms with Crippen LogP contribution in [-0.4, -0.2) is 18.2 Å². The van der Waals surface area contributed by atoms with Gasteiger partial charge in [0.05, 0.1) is 5.75 Å². The number of halogens is 1. The Morgan fingerprint density at radius 1 is 1.15 bits per heavy atom. The van der Waals surface area contributed by atoms with Gasteiger partial charge in [0.2, 0.25) is 5.91 Å². The highest BCUT2D eigenvalue weighted by atomic mass is 35.5. The molecule has 0 radical (unpaired) electrons. The molecule has 0 heterocycles. The Bertz CT molecular complexity index is 409. The Hall–Kier alpha value is -0.670. The van der Waals surface area contributed by atoms with Crippen molar-refractivity contribution in [3.63, 3.8) is 0 Å². The van der Waals surface area contributed by atoms with Crippen molar-refractivity contribution in [2.45, 2.75) is 32.6 Å². The molecule has 0 fully saturated rings. The van der Waals surface area contributed by atoms with Crippen LogP contribution in [0.25, 0.3) is 0 Å². The lowest BCUT2D eigenvalue weighted by molar-refractivity contribution is -0.118. The standard InChI is InChI=1S/C16H24ClNOS/c1-11(2)15(12(3)4)9-18-16(19)10-20-14-7-5-13(17)6-8-14/h5-8,11-12,15H,9-10H2,1-4H3,(H,18,19). The molecule has 0 spiro atoms. The molecule has 0 aliphatic heterocycles. The summed E-state index contributed by atoms with van der Waals surface area (Å²) in [6.07, 6.45) is 0. The van der Waals surface area contributed by atoms with E-state index in [-0.39, 0.29) is 5.91 Å². The van der Waals surface area contributed by atoms with Crippen LogP contribution in [0.1, 0.15) is 27.7 Å². The molecule has 0 saturated heterocycles. The molecular formula is C16H24ClNOS. The second kappa shape index (κ2) is 8.58. The Morgan fingerprint density at radius 3 is 2.20 bits per heavy atom. The largest absolute Gasteiger partial charge is 0.355 e. The molecular weight excluding hydrogens is 290 g/mol. The quantitative estimate of drug-likeness (QED) is 0.752. The maximum absolute atomic E-state index is 11.9. The van der Waals surface area contributed by atoms with Crippen molar-refractivity contribution < 1.29 is 4.79 Å². The fourth-order valence-electron chi connectivity index (χ4n) is 2.20.